The highest BCUT2D eigenvalue weighted by atomic mass is 19.1. The van der Waals surface area contributed by atoms with Crippen LogP contribution in [0.3, 0.4) is 0 Å². The van der Waals surface area contributed by atoms with Gasteiger partial charge in [0.05, 0.1) is 5.56 Å². The minimum atomic E-state index is -1.29. The molecule has 0 bridgehead atoms. The van der Waals surface area contributed by atoms with E-state index in [1.165, 1.54) is 0 Å². The van der Waals surface area contributed by atoms with Crippen molar-refractivity contribution < 1.29 is 24.2 Å². The summed E-state index contributed by atoms with van der Waals surface area (Å²) in [5.41, 5.74) is -0.548. The molecule has 0 aliphatic heterocycles. The number of rotatable bonds is 2. The van der Waals surface area contributed by atoms with Crippen molar-refractivity contribution in [3.8, 4) is 11.5 Å². The summed E-state index contributed by atoms with van der Waals surface area (Å²) >= 11 is 0. The van der Waals surface area contributed by atoms with Crippen LogP contribution in [-0.4, -0.2) is 21.8 Å². The van der Waals surface area contributed by atoms with E-state index < -0.39 is 34.4 Å². The van der Waals surface area contributed by atoms with Crippen LogP contribution in [0.4, 0.5) is 4.39 Å². The standard InChI is InChI=1S/C9H7FO4.2C2H6/c1-4(11)8(13)5-2-3-6(12)9(14)7(5)10;2*1-2/h2-3,12,14H,1H3;2*1-2H3. The van der Waals surface area contributed by atoms with Gasteiger partial charge in [-0.25, -0.2) is 4.39 Å². The third kappa shape index (κ3) is 4.53. The monoisotopic (exact) mass is 258 g/mol. The molecule has 0 atom stereocenters. The van der Waals surface area contributed by atoms with E-state index in [-0.39, 0.29) is 0 Å². The molecule has 0 saturated heterocycles. The molecule has 1 rings (SSSR count). The number of phenols is 2. The fourth-order valence-corrected chi connectivity index (χ4v) is 0.919. The lowest BCUT2D eigenvalue weighted by molar-refractivity contribution is -0.113. The van der Waals surface area contributed by atoms with Crippen LogP contribution in [0.2, 0.25) is 0 Å². The van der Waals surface area contributed by atoms with Crippen LogP contribution in [0, 0.1) is 5.82 Å². The zero-order valence-corrected chi connectivity index (χ0v) is 11.2. The van der Waals surface area contributed by atoms with Gasteiger partial charge in [-0.1, -0.05) is 27.7 Å². The number of phenolic OH excluding ortho intramolecular Hbond substituents is 2. The van der Waals surface area contributed by atoms with Crippen molar-refractivity contribution in [2.45, 2.75) is 34.6 Å². The highest BCUT2D eigenvalue weighted by Gasteiger charge is 2.20. The molecule has 0 aromatic heterocycles. The molecule has 0 amide bonds. The molecule has 0 aliphatic carbocycles. The second kappa shape index (κ2) is 9.15. The highest BCUT2D eigenvalue weighted by molar-refractivity contribution is 6.43. The van der Waals surface area contributed by atoms with E-state index >= 15 is 0 Å². The van der Waals surface area contributed by atoms with Gasteiger partial charge in [0.15, 0.2) is 23.1 Å². The lowest BCUT2D eigenvalue weighted by Crippen LogP contribution is -2.11. The van der Waals surface area contributed by atoms with Gasteiger partial charge in [-0.15, -0.1) is 0 Å². The predicted molar refractivity (Wildman–Crippen MR) is 67.4 cm³/mol. The Kier molecular flexibility index (Phi) is 9.39. The summed E-state index contributed by atoms with van der Waals surface area (Å²) in [5, 5.41) is 17.8. The maximum Gasteiger partial charge on any atom is 0.231 e. The Bertz CT molecular complexity index is 414. The molecule has 0 saturated carbocycles. The first-order valence-corrected chi connectivity index (χ1v) is 5.71. The minimum absolute atomic E-state index is 0.548. The van der Waals surface area contributed by atoms with Gasteiger partial charge in [0.25, 0.3) is 0 Å². The summed E-state index contributed by atoms with van der Waals surface area (Å²) in [4.78, 5) is 21.7. The molecular weight excluding hydrogens is 239 g/mol. The molecule has 4 nitrogen and oxygen atoms in total. The van der Waals surface area contributed by atoms with Crippen molar-refractivity contribution in [3.63, 3.8) is 0 Å². The van der Waals surface area contributed by atoms with E-state index in [4.69, 9.17) is 10.2 Å². The van der Waals surface area contributed by atoms with Crippen LogP contribution in [0.5, 0.6) is 11.5 Å². The summed E-state index contributed by atoms with van der Waals surface area (Å²) in [6.07, 6.45) is 0. The summed E-state index contributed by atoms with van der Waals surface area (Å²) < 4.78 is 13.1. The molecule has 0 fully saturated rings. The second-order valence-corrected chi connectivity index (χ2v) is 2.68. The van der Waals surface area contributed by atoms with Crippen LogP contribution < -0.4 is 0 Å². The topological polar surface area (TPSA) is 74.6 Å². The molecule has 18 heavy (non-hydrogen) atoms. The van der Waals surface area contributed by atoms with Crippen molar-refractivity contribution in [1.82, 2.24) is 0 Å². The van der Waals surface area contributed by atoms with Gasteiger partial charge in [-0.2, -0.15) is 0 Å². The number of hydrogen-bond donors (Lipinski definition) is 2. The molecule has 0 radical (unpaired) electrons. The Balaban J connectivity index is 0. The maximum atomic E-state index is 13.1. The first-order valence-electron chi connectivity index (χ1n) is 5.71. The van der Waals surface area contributed by atoms with Crippen molar-refractivity contribution in [2.75, 3.05) is 0 Å². The van der Waals surface area contributed by atoms with Crippen molar-refractivity contribution in [1.29, 1.82) is 0 Å². The van der Waals surface area contributed by atoms with E-state index in [0.717, 1.165) is 19.1 Å². The first-order chi connectivity index (χ1) is 8.45. The molecule has 0 spiro atoms. The fraction of sp³-hybridized carbons (Fsp3) is 0.385. The SMILES string of the molecule is CC.CC.CC(=O)C(=O)c1ccc(O)c(O)c1F. The maximum absolute atomic E-state index is 13.1. The van der Waals surface area contributed by atoms with Crippen LogP contribution >= 0.6 is 0 Å². The van der Waals surface area contributed by atoms with Crippen molar-refractivity contribution >= 4 is 11.6 Å². The normalized spacial score (nSPS) is 8.33. The number of benzene rings is 1. The minimum Gasteiger partial charge on any atom is -0.504 e. The van der Waals surface area contributed by atoms with Gasteiger partial charge in [-0.3, -0.25) is 9.59 Å². The lowest BCUT2D eigenvalue weighted by Gasteiger charge is -2.02. The molecule has 1 aromatic rings. The van der Waals surface area contributed by atoms with Gasteiger partial charge in [0.2, 0.25) is 5.78 Å². The zero-order valence-electron chi connectivity index (χ0n) is 11.2. The van der Waals surface area contributed by atoms with E-state index in [2.05, 4.69) is 0 Å². The first kappa shape index (κ1) is 18.5. The number of halogens is 1. The smallest absolute Gasteiger partial charge is 0.231 e. The number of aromatic hydroxyl groups is 2. The van der Waals surface area contributed by atoms with Gasteiger partial charge in [0.1, 0.15) is 0 Å². The zero-order chi connectivity index (χ0) is 14.9. The van der Waals surface area contributed by atoms with Crippen molar-refractivity contribution in [2.24, 2.45) is 0 Å². The largest absolute Gasteiger partial charge is 0.504 e. The van der Waals surface area contributed by atoms with Gasteiger partial charge in [-0.05, 0) is 12.1 Å². The summed E-state index contributed by atoms with van der Waals surface area (Å²) in [6.45, 7) is 8.99. The molecule has 0 unspecified atom stereocenters. The van der Waals surface area contributed by atoms with Crippen LogP contribution in [0.1, 0.15) is 45.0 Å². The second-order valence-electron chi connectivity index (χ2n) is 2.68. The number of Topliss-reactive ketones (excluding diaryl/α,β-unsaturated/α-hetero) is 2. The average Bonchev–Trinajstić information content (AvgIpc) is 2.40. The van der Waals surface area contributed by atoms with Crippen LogP contribution in [0.15, 0.2) is 12.1 Å². The Hall–Kier alpha value is -1.91. The average molecular weight is 258 g/mol. The third-order valence-electron chi connectivity index (χ3n) is 1.66. The number of hydrogen-bond acceptors (Lipinski definition) is 4. The molecule has 2 N–H and O–H groups in total. The van der Waals surface area contributed by atoms with E-state index in [0.29, 0.717) is 0 Å². The van der Waals surface area contributed by atoms with Crippen molar-refractivity contribution in [3.05, 3.63) is 23.5 Å². The number of carbonyl (C=O) groups is 2. The predicted octanol–water partition coefficient (Wildman–Crippen LogP) is 3.06. The number of ketones is 2. The molecule has 0 heterocycles. The Morgan fingerprint density at radius 3 is 1.89 bits per heavy atom. The van der Waals surface area contributed by atoms with Gasteiger partial charge >= 0.3 is 0 Å². The quantitative estimate of drug-likeness (QED) is 0.485. The fourth-order valence-electron chi connectivity index (χ4n) is 0.919. The highest BCUT2D eigenvalue weighted by Crippen LogP contribution is 2.29. The van der Waals surface area contributed by atoms with Crippen LogP contribution in [0.25, 0.3) is 0 Å². The molecule has 0 aliphatic rings. The van der Waals surface area contributed by atoms with E-state index in [9.17, 15) is 14.0 Å². The summed E-state index contributed by atoms with van der Waals surface area (Å²) in [7, 11) is 0. The van der Waals surface area contributed by atoms with E-state index in [1.54, 1.807) is 0 Å². The van der Waals surface area contributed by atoms with Gasteiger partial charge < -0.3 is 10.2 Å². The molecule has 5 heteroatoms. The Labute approximate surface area is 106 Å². The number of carbonyl (C=O) groups excluding carboxylic acids is 2. The molecule has 102 valence electrons. The van der Waals surface area contributed by atoms with Gasteiger partial charge in [0, 0.05) is 6.92 Å². The Morgan fingerprint density at radius 1 is 1.06 bits per heavy atom. The molecule has 1 aromatic carbocycles. The molecular formula is C13H19FO4. The summed E-state index contributed by atoms with van der Waals surface area (Å²) in [6, 6.07) is 1.88. The Morgan fingerprint density at radius 2 is 1.50 bits per heavy atom. The lowest BCUT2D eigenvalue weighted by atomic mass is 10.1. The van der Waals surface area contributed by atoms with E-state index in [1.807, 2.05) is 27.7 Å². The summed E-state index contributed by atoms with van der Waals surface area (Å²) in [5.74, 6) is -4.88. The van der Waals surface area contributed by atoms with Crippen LogP contribution in [-0.2, 0) is 4.79 Å². The third-order valence-corrected chi connectivity index (χ3v) is 1.66.